The van der Waals surface area contributed by atoms with E-state index in [2.05, 4.69) is 13.8 Å². The normalized spacial score (nSPS) is 50.5. The largest absolute Gasteiger partial charge is 0.481 e. The average molecular weight is 381 g/mol. The lowest BCUT2D eigenvalue weighted by molar-refractivity contribution is -0.158. The lowest BCUT2D eigenvalue weighted by Gasteiger charge is -2.60. The van der Waals surface area contributed by atoms with Gasteiger partial charge in [0.25, 0.3) is 0 Å². The molecule has 0 aliphatic heterocycles. The molecule has 0 radical (unpaired) electrons. The summed E-state index contributed by atoms with van der Waals surface area (Å²) < 4.78 is 0. The van der Waals surface area contributed by atoms with Crippen LogP contribution >= 0.6 is 11.6 Å². The fraction of sp³-hybridized carbons (Fsp3) is 0.810. The SMILES string of the molecule is C[C@]12CCC(=O)C=C1C(Cl)C[C@@H]1[C@H]2CC[C@@]2(C)[C@H]1CCC2(O)CC(=O)O. The van der Waals surface area contributed by atoms with Crippen LogP contribution in [0.15, 0.2) is 11.6 Å². The highest BCUT2D eigenvalue weighted by molar-refractivity contribution is 6.23. The van der Waals surface area contributed by atoms with Crippen molar-refractivity contribution in [1.82, 2.24) is 0 Å². The van der Waals surface area contributed by atoms with Crippen molar-refractivity contribution >= 4 is 23.4 Å². The molecule has 0 heterocycles. The van der Waals surface area contributed by atoms with Crippen LogP contribution in [0, 0.1) is 28.6 Å². The lowest BCUT2D eigenvalue weighted by Crippen LogP contribution is -2.56. The van der Waals surface area contributed by atoms with Gasteiger partial charge in [0.15, 0.2) is 5.78 Å². The van der Waals surface area contributed by atoms with Gasteiger partial charge in [0.05, 0.1) is 17.4 Å². The molecule has 0 aromatic carbocycles. The zero-order chi connectivity index (χ0) is 18.9. The predicted octanol–water partition coefficient (Wildman–Crippen LogP) is 3.94. The summed E-state index contributed by atoms with van der Waals surface area (Å²) in [6.45, 7) is 4.38. The number of aliphatic hydroxyl groups is 1. The van der Waals surface area contributed by atoms with E-state index >= 15 is 0 Å². The Morgan fingerprint density at radius 1 is 1.23 bits per heavy atom. The molecular formula is C21H29ClO4. The third-order valence-electron chi connectivity index (χ3n) is 8.70. The molecule has 4 aliphatic rings. The number of carbonyl (C=O) groups is 2. The number of aliphatic carboxylic acids is 1. The van der Waals surface area contributed by atoms with Crippen LogP contribution in [0.25, 0.3) is 0 Å². The maximum absolute atomic E-state index is 12.0. The molecule has 0 amide bonds. The van der Waals surface area contributed by atoms with Crippen molar-refractivity contribution in [3.05, 3.63) is 11.6 Å². The minimum Gasteiger partial charge on any atom is -0.481 e. The van der Waals surface area contributed by atoms with Crippen LogP contribution in [0.1, 0.15) is 65.2 Å². The van der Waals surface area contributed by atoms with Gasteiger partial charge in [-0.1, -0.05) is 13.8 Å². The Bertz CT molecular complexity index is 687. The van der Waals surface area contributed by atoms with Crippen LogP contribution in [-0.2, 0) is 9.59 Å². The highest BCUT2D eigenvalue weighted by Crippen LogP contribution is 2.68. The zero-order valence-corrected chi connectivity index (χ0v) is 16.4. The molecule has 4 aliphatic carbocycles. The highest BCUT2D eigenvalue weighted by Gasteiger charge is 2.65. The van der Waals surface area contributed by atoms with E-state index in [0.29, 0.717) is 30.6 Å². The number of alkyl halides is 1. The molecule has 0 bridgehead atoms. The van der Waals surface area contributed by atoms with E-state index in [1.54, 1.807) is 6.08 Å². The van der Waals surface area contributed by atoms with Crippen molar-refractivity contribution in [3.63, 3.8) is 0 Å². The van der Waals surface area contributed by atoms with Gasteiger partial charge in [-0.3, -0.25) is 9.59 Å². The number of rotatable bonds is 2. The topological polar surface area (TPSA) is 74.6 Å². The molecule has 7 atom stereocenters. The summed E-state index contributed by atoms with van der Waals surface area (Å²) >= 11 is 6.78. The first-order valence-electron chi connectivity index (χ1n) is 9.94. The molecule has 2 N–H and O–H groups in total. The third-order valence-corrected chi connectivity index (χ3v) is 9.12. The van der Waals surface area contributed by atoms with Crippen LogP contribution < -0.4 is 0 Å². The Labute approximate surface area is 160 Å². The molecule has 0 aromatic heterocycles. The lowest BCUT2D eigenvalue weighted by atomic mass is 9.46. The number of carboxylic acid groups (broad SMARTS) is 1. The van der Waals surface area contributed by atoms with Gasteiger partial charge in [0.2, 0.25) is 0 Å². The third kappa shape index (κ3) is 2.37. The maximum Gasteiger partial charge on any atom is 0.306 e. The summed E-state index contributed by atoms with van der Waals surface area (Å²) in [5.74, 6) is 0.455. The fourth-order valence-electron chi connectivity index (χ4n) is 7.21. The van der Waals surface area contributed by atoms with Gasteiger partial charge < -0.3 is 10.2 Å². The van der Waals surface area contributed by atoms with E-state index in [-0.39, 0.29) is 28.4 Å². The molecule has 0 saturated heterocycles. The number of halogens is 1. The molecule has 3 saturated carbocycles. The summed E-state index contributed by atoms with van der Waals surface area (Å²) in [7, 11) is 0. The molecule has 5 heteroatoms. The summed E-state index contributed by atoms with van der Waals surface area (Å²) in [5.41, 5.74) is -0.377. The predicted molar refractivity (Wildman–Crippen MR) is 98.9 cm³/mol. The number of hydrogen-bond acceptors (Lipinski definition) is 3. The Morgan fingerprint density at radius 2 is 1.92 bits per heavy atom. The quantitative estimate of drug-likeness (QED) is 0.711. The standard InChI is InChI=1S/C21H29ClO4/c1-19-6-3-12(23)9-16(19)17(22)10-13-14(19)4-7-20(2)15(13)5-8-21(20,26)11-18(24)25/h9,13-15,17,26H,3-8,10-11H2,1-2H3,(H,24,25)/t13-,14-,15+,17?,19-,20+,21?/m1/s1. The minimum absolute atomic E-state index is 0.0297. The van der Waals surface area contributed by atoms with Crippen LogP contribution in [0.3, 0.4) is 0 Å². The van der Waals surface area contributed by atoms with E-state index in [1.807, 2.05) is 0 Å². The molecule has 4 rings (SSSR count). The van der Waals surface area contributed by atoms with Crippen LogP contribution in [0.4, 0.5) is 0 Å². The first-order valence-corrected chi connectivity index (χ1v) is 10.4. The maximum atomic E-state index is 12.0. The molecule has 2 unspecified atom stereocenters. The van der Waals surface area contributed by atoms with Gasteiger partial charge in [-0.05, 0) is 78.8 Å². The van der Waals surface area contributed by atoms with Crippen molar-refractivity contribution in [2.24, 2.45) is 28.6 Å². The van der Waals surface area contributed by atoms with E-state index in [0.717, 1.165) is 37.7 Å². The monoisotopic (exact) mass is 380 g/mol. The molecular weight excluding hydrogens is 352 g/mol. The Morgan fingerprint density at radius 3 is 2.62 bits per heavy atom. The zero-order valence-electron chi connectivity index (χ0n) is 15.6. The van der Waals surface area contributed by atoms with Crippen LogP contribution in [0.2, 0.25) is 0 Å². The van der Waals surface area contributed by atoms with Gasteiger partial charge in [-0.25, -0.2) is 0 Å². The summed E-state index contributed by atoms with van der Waals surface area (Å²) in [6.07, 6.45) is 7.21. The summed E-state index contributed by atoms with van der Waals surface area (Å²) in [4.78, 5) is 23.3. The van der Waals surface area contributed by atoms with E-state index < -0.39 is 11.6 Å². The second-order valence-electron chi connectivity index (χ2n) is 9.66. The minimum atomic E-state index is -1.12. The molecule has 0 aromatic rings. The van der Waals surface area contributed by atoms with Gasteiger partial charge in [-0.15, -0.1) is 11.6 Å². The summed E-state index contributed by atoms with van der Waals surface area (Å²) in [6, 6.07) is 0. The first kappa shape index (κ1) is 18.5. The van der Waals surface area contributed by atoms with Crippen molar-refractivity contribution < 1.29 is 19.8 Å². The second-order valence-corrected chi connectivity index (χ2v) is 10.2. The Balaban J connectivity index is 1.69. The Hall–Kier alpha value is -0.870. The summed E-state index contributed by atoms with van der Waals surface area (Å²) in [5, 5.41) is 20.4. The number of ketones is 1. The van der Waals surface area contributed by atoms with Gasteiger partial charge in [-0.2, -0.15) is 0 Å². The number of hydrogen-bond donors (Lipinski definition) is 2. The van der Waals surface area contributed by atoms with Crippen LogP contribution in [-0.4, -0.2) is 32.9 Å². The second kappa shape index (κ2) is 5.81. The number of allylic oxidation sites excluding steroid dienone is 1. The van der Waals surface area contributed by atoms with Crippen molar-refractivity contribution in [2.75, 3.05) is 0 Å². The van der Waals surface area contributed by atoms with Crippen LogP contribution in [0.5, 0.6) is 0 Å². The van der Waals surface area contributed by atoms with E-state index in [1.165, 1.54) is 0 Å². The smallest absolute Gasteiger partial charge is 0.306 e. The van der Waals surface area contributed by atoms with Crippen molar-refractivity contribution in [2.45, 2.75) is 76.2 Å². The Kier molecular flexibility index (Phi) is 4.13. The van der Waals surface area contributed by atoms with Gasteiger partial charge in [0.1, 0.15) is 0 Å². The number of carbonyl (C=O) groups excluding carboxylic acids is 1. The number of carboxylic acids is 1. The van der Waals surface area contributed by atoms with Crippen molar-refractivity contribution in [3.8, 4) is 0 Å². The first-order chi connectivity index (χ1) is 12.1. The molecule has 4 nitrogen and oxygen atoms in total. The molecule has 3 fully saturated rings. The van der Waals surface area contributed by atoms with E-state index in [4.69, 9.17) is 11.6 Å². The van der Waals surface area contributed by atoms with Gasteiger partial charge in [0, 0.05) is 6.42 Å². The average Bonchev–Trinajstić information content (AvgIpc) is 2.80. The molecule has 0 spiro atoms. The highest BCUT2D eigenvalue weighted by atomic mass is 35.5. The number of fused-ring (bicyclic) bond motifs is 5. The van der Waals surface area contributed by atoms with E-state index in [9.17, 15) is 19.8 Å². The molecule has 26 heavy (non-hydrogen) atoms. The van der Waals surface area contributed by atoms with Crippen molar-refractivity contribution in [1.29, 1.82) is 0 Å². The van der Waals surface area contributed by atoms with Gasteiger partial charge >= 0.3 is 5.97 Å². The molecule has 144 valence electrons. The fourth-order valence-corrected chi connectivity index (χ4v) is 7.73.